The van der Waals surface area contributed by atoms with Crippen molar-refractivity contribution >= 4 is 11.7 Å². The number of carbonyl (C=O) groups is 1. The minimum atomic E-state index is -0.0867. The number of amides is 1. The number of carbonyl (C=O) groups excluding carboxylic acids is 1. The Morgan fingerprint density at radius 3 is 2.60 bits per heavy atom. The van der Waals surface area contributed by atoms with E-state index in [-0.39, 0.29) is 17.8 Å². The maximum atomic E-state index is 11.9. The van der Waals surface area contributed by atoms with Crippen LogP contribution in [0, 0.1) is 6.92 Å². The van der Waals surface area contributed by atoms with Crippen LogP contribution in [0.5, 0.6) is 0 Å². The lowest BCUT2D eigenvalue weighted by Gasteiger charge is -2.16. The number of aryl methyl sites for hydroxylation is 2. The third-order valence-electron chi connectivity index (χ3n) is 3.20. The maximum absolute atomic E-state index is 11.9. The van der Waals surface area contributed by atoms with Crippen molar-refractivity contribution in [3.05, 3.63) is 35.4 Å². The summed E-state index contributed by atoms with van der Waals surface area (Å²) in [5.74, 6) is 0.124. The minimum Gasteiger partial charge on any atom is -0.409 e. The first-order valence-electron chi connectivity index (χ1n) is 6.86. The summed E-state index contributed by atoms with van der Waals surface area (Å²) in [6.45, 7) is 3.99. The average molecular weight is 277 g/mol. The molecule has 4 N–H and O–H groups in total. The largest absolute Gasteiger partial charge is 0.409 e. The molecule has 1 unspecified atom stereocenters. The second-order valence-corrected chi connectivity index (χ2v) is 4.95. The van der Waals surface area contributed by atoms with Crippen LogP contribution in [0.4, 0.5) is 0 Å². The summed E-state index contributed by atoms with van der Waals surface area (Å²) in [6, 6.07) is 8.07. The van der Waals surface area contributed by atoms with Gasteiger partial charge in [-0.05, 0) is 25.3 Å². The summed E-state index contributed by atoms with van der Waals surface area (Å²) in [6.07, 6.45) is 2.26. The fourth-order valence-electron chi connectivity index (χ4n) is 1.90. The van der Waals surface area contributed by atoms with Crippen molar-refractivity contribution in [3.63, 3.8) is 0 Å². The Morgan fingerprint density at radius 1 is 1.40 bits per heavy atom. The number of nitrogens with two attached hydrogens (primary N) is 1. The smallest absolute Gasteiger partial charge is 0.220 e. The van der Waals surface area contributed by atoms with E-state index < -0.39 is 0 Å². The lowest BCUT2D eigenvalue weighted by Crippen LogP contribution is -2.37. The monoisotopic (exact) mass is 277 g/mol. The van der Waals surface area contributed by atoms with Crippen molar-refractivity contribution in [2.75, 3.05) is 0 Å². The Hall–Kier alpha value is -2.04. The maximum Gasteiger partial charge on any atom is 0.220 e. The molecule has 1 aromatic rings. The van der Waals surface area contributed by atoms with Gasteiger partial charge in [0.2, 0.25) is 5.91 Å². The van der Waals surface area contributed by atoms with E-state index in [4.69, 9.17) is 10.9 Å². The van der Waals surface area contributed by atoms with E-state index in [0.717, 1.165) is 12.0 Å². The minimum absolute atomic E-state index is 0.0110. The van der Waals surface area contributed by atoms with Crippen LogP contribution >= 0.6 is 0 Å². The van der Waals surface area contributed by atoms with Gasteiger partial charge in [0.1, 0.15) is 5.84 Å². The molecule has 0 aliphatic heterocycles. The fraction of sp³-hybridized carbons (Fsp3) is 0.467. The van der Waals surface area contributed by atoms with Gasteiger partial charge in [-0.3, -0.25) is 4.79 Å². The van der Waals surface area contributed by atoms with E-state index in [1.54, 1.807) is 0 Å². The first-order chi connectivity index (χ1) is 9.55. The van der Waals surface area contributed by atoms with E-state index in [1.807, 2.05) is 38.1 Å². The van der Waals surface area contributed by atoms with Gasteiger partial charge < -0.3 is 16.3 Å². The quantitative estimate of drug-likeness (QED) is 0.308. The summed E-state index contributed by atoms with van der Waals surface area (Å²) in [5, 5.41) is 14.4. The lowest BCUT2D eigenvalue weighted by molar-refractivity contribution is -0.121. The predicted molar refractivity (Wildman–Crippen MR) is 79.7 cm³/mol. The van der Waals surface area contributed by atoms with Gasteiger partial charge in [0.05, 0.1) is 0 Å². The SMILES string of the molecule is CCC(CC(N)=NO)NC(=O)CCc1ccc(C)cc1. The molecular weight excluding hydrogens is 254 g/mol. The zero-order valence-corrected chi connectivity index (χ0v) is 12.1. The van der Waals surface area contributed by atoms with Gasteiger partial charge in [0.25, 0.3) is 0 Å². The van der Waals surface area contributed by atoms with Crippen LogP contribution < -0.4 is 11.1 Å². The molecule has 0 radical (unpaired) electrons. The molecule has 0 fully saturated rings. The highest BCUT2D eigenvalue weighted by molar-refractivity contribution is 5.82. The van der Waals surface area contributed by atoms with E-state index in [2.05, 4.69) is 10.5 Å². The van der Waals surface area contributed by atoms with Gasteiger partial charge in [-0.25, -0.2) is 0 Å². The van der Waals surface area contributed by atoms with Gasteiger partial charge >= 0.3 is 0 Å². The van der Waals surface area contributed by atoms with Crippen LogP contribution in [0.1, 0.15) is 37.3 Å². The summed E-state index contributed by atoms with van der Waals surface area (Å²) in [4.78, 5) is 11.9. The van der Waals surface area contributed by atoms with Gasteiger partial charge in [0.15, 0.2) is 0 Å². The molecule has 1 amide bonds. The van der Waals surface area contributed by atoms with Crippen LogP contribution in [0.25, 0.3) is 0 Å². The highest BCUT2D eigenvalue weighted by Crippen LogP contribution is 2.06. The summed E-state index contributed by atoms with van der Waals surface area (Å²) in [7, 11) is 0. The van der Waals surface area contributed by atoms with Crippen molar-refractivity contribution < 1.29 is 10.0 Å². The van der Waals surface area contributed by atoms with E-state index in [1.165, 1.54) is 5.56 Å². The van der Waals surface area contributed by atoms with Crippen LogP contribution in [0.2, 0.25) is 0 Å². The molecule has 20 heavy (non-hydrogen) atoms. The number of nitrogens with one attached hydrogen (secondary N) is 1. The first-order valence-corrected chi connectivity index (χ1v) is 6.86. The molecule has 0 bridgehead atoms. The van der Waals surface area contributed by atoms with Crippen LogP contribution in [0.3, 0.4) is 0 Å². The predicted octanol–water partition coefficient (Wildman–Crippen LogP) is 1.96. The fourth-order valence-corrected chi connectivity index (χ4v) is 1.90. The Morgan fingerprint density at radius 2 is 2.05 bits per heavy atom. The van der Waals surface area contributed by atoms with Gasteiger partial charge in [0, 0.05) is 18.9 Å². The zero-order chi connectivity index (χ0) is 15.0. The molecule has 0 heterocycles. The summed E-state index contributed by atoms with van der Waals surface area (Å²) in [5.41, 5.74) is 7.81. The lowest BCUT2D eigenvalue weighted by atomic mass is 10.1. The van der Waals surface area contributed by atoms with E-state index >= 15 is 0 Å². The molecule has 0 aromatic heterocycles. The Kier molecular flexibility index (Phi) is 6.56. The molecule has 1 rings (SSSR count). The van der Waals surface area contributed by atoms with E-state index in [0.29, 0.717) is 19.3 Å². The molecule has 5 nitrogen and oxygen atoms in total. The average Bonchev–Trinajstić information content (AvgIpc) is 2.45. The molecule has 0 aliphatic rings. The molecule has 1 aromatic carbocycles. The van der Waals surface area contributed by atoms with Crippen molar-refractivity contribution in [2.24, 2.45) is 10.9 Å². The second-order valence-electron chi connectivity index (χ2n) is 4.95. The topological polar surface area (TPSA) is 87.7 Å². The summed E-state index contributed by atoms with van der Waals surface area (Å²) < 4.78 is 0. The van der Waals surface area contributed by atoms with Crippen LogP contribution in [-0.4, -0.2) is 23.0 Å². The molecular formula is C15H23N3O2. The summed E-state index contributed by atoms with van der Waals surface area (Å²) >= 11 is 0. The Bertz CT molecular complexity index is 455. The molecule has 0 aliphatic carbocycles. The van der Waals surface area contributed by atoms with Crippen molar-refractivity contribution in [1.29, 1.82) is 0 Å². The molecule has 0 spiro atoms. The number of hydrogen-bond acceptors (Lipinski definition) is 3. The third-order valence-corrected chi connectivity index (χ3v) is 3.20. The zero-order valence-electron chi connectivity index (χ0n) is 12.1. The van der Waals surface area contributed by atoms with Crippen molar-refractivity contribution in [1.82, 2.24) is 5.32 Å². The Labute approximate surface area is 119 Å². The van der Waals surface area contributed by atoms with Crippen LogP contribution in [-0.2, 0) is 11.2 Å². The highest BCUT2D eigenvalue weighted by atomic mass is 16.4. The molecule has 110 valence electrons. The molecule has 0 saturated heterocycles. The second kappa shape index (κ2) is 8.19. The number of amidine groups is 1. The molecule has 1 atom stereocenters. The highest BCUT2D eigenvalue weighted by Gasteiger charge is 2.12. The van der Waals surface area contributed by atoms with Crippen LogP contribution in [0.15, 0.2) is 29.4 Å². The normalized spacial score (nSPS) is 13.0. The standard InChI is InChI=1S/C15H23N3O2/c1-3-13(10-14(16)18-20)17-15(19)9-8-12-6-4-11(2)5-7-12/h4-7,13,20H,3,8-10H2,1-2H3,(H2,16,18)(H,17,19). The van der Waals surface area contributed by atoms with Crippen molar-refractivity contribution in [2.45, 2.75) is 45.6 Å². The molecule has 0 saturated carbocycles. The third kappa shape index (κ3) is 5.73. The number of nitrogens with zero attached hydrogens (tertiary/aromatic N) is 1. The van der Waals surface area contributed by atoms with Gasteiger partial charge in [-0.15, -0.1) is 0 Å². The molecule has 5 heteroatoms. The number of hydrogen-bond donors (Lipinski definition) is 3. The number of oxime groups is 1. The Balaban J connectivity index is 2.40. The van der Waals surface area contributed by atoms with E-state index in [9.17, 15) is 4.79 Å². The van der Waals surface area contributed by atoms with Gasteiger partial charge in [-0.1, -0.05) is 41.9 Å². The van der Waals surface area contributed by atoms with Crippen molar-refractivity contribution in [3.8, 4) is 0 Å². The first kappa shape index (κ1) is 16.0. The number of rotatable bonds is 7. The number of benzene rings is 1. The van der Waals surface area contributed by atoms with Gasteiger partial charge in [-0.2, -0.15) is 0 Å².